The zero-order chi connectivity index (χ0) is 48.0. The molecule has 6 atom stereocenters. The molecule has 1 saturated carbocycles. The summed E-state index contributed by atoms with van der Waals surface area (Å²) in [5.74, 6) is -0.843. The molecule has 0 aromatic heterocycles. The standard InChI is InChI=1S/C57H63FN2O9/c1-3-32-67-57-53(60(38-40-20-24-45(58)25-21-40)56(63)66-34-33-65-39-41-14-6-4-7-15-41)37-51(59-64-2)49-35-44(18-10-12-30-61)48(19-11-13-31-62)54(55(49)57)50-36-47(28-29-52(50)69-57)68-46-26-22-43(23-27-46)42-16-8-5-9-17-42/h3-9,14-17,20-29,35-36,44,48,53-55,61-62H,1,10-13,18-19,30-34,37-39H2,2H3. The van der Waals surface area contributed by atoms with E-state index >= 15 is 0 Å². The van der Waals surface area contributed by atoms with Gasteiger partial charge in [0.15, 0.2) is 0 Å². The van der Waals surface area contributed by atoms with E-state index in [0.29, 0.717) is 48.0 Å². The molecule has 5 aromatic carbocycles. The first-order chi connectivity index (χ1) is 33.8. The summed E-state index contributed by atoms with van der Waals surface area (Å²) in [7, 11) is 1.51. The summed E-state index contributed by atoms with van der Waals surface area (Å²) in [5, 5.41) is 24.7. The smallest absolute Gasteiger partial charge is 0.410 e. The molecule has 0 spiro atoms. The fourth-order valence-corrected chi connectivity index (χ4v) is 10.4. The highest BCUT2D eigenvalue weighted by Crippen LogP contribution is 2.62. The van der Waals surface area contributed by atoms with Gasteiger partial charge >= 0.3 is 6.09 Å². The number of amides is 1. The van der Waals surface area contributed by atoms with Crippen LogP contribution >= 0.6 is 0 Å². The van der Waals surface area contributed by atoms with Crippen molar-refractivity contribution in [1.82, 2.24) is 4.90 Å². The van der Waals surface area contributed by atoms with Gasteiger partial charge in [0.25, 0.3) is 0 Å². The third kappa shape index (κ3) is 11.6. The van der Waals surface area contributed by atoms with E-state index in [4.69, 9.17) is 33.7 Å². The Morgan fingerprint density at radius 3 is 2.25 bits per heavy atom. The number of benzene rings is 5. The summed E-state index contributed by atoms with van der Waals surface area (Å²) in [6.07, 6.45) is 7.91. The van der Waals surface area contributed by atoms with E-state index in [2.05, 4.69) is 30.9 Å². The van der Waals surface area contributed by atoms with Gasteiger partial charge in [-0.1, -0.05) is 115 Å². The van der Waals surface area contributed by atoms with Crippen molar-refractivity contribution in [2.24, 2.45) is 22.9 Å². The average molecular weight is 939 g/mol. The molecule has 69 heavy (non-hydrogen) atoms. The molecule has 11 nitrogen and oxygen atoms in total. The quantitative estimate of drug-likeness (QED) is 0.0374. The second-order valence-electron chi connectivity index (χ2n) is 17.9. The van der Waals surface area contributed by atoms with Gasteiger partial charge in [0.2, 0.25) is 5.79 Å². The first-order valence-corrected chi connectivity index (χ1v) is 24.1. The van der Waals surface area contributed by atoms with Crippen molar-refractivity contribution in [2.45, 2.75) is 75.8 Å². The van der Waals surface area contributed by atoms with Crippen LogP contribution in [0.4, 0.5) is 9.18 Å². The lowest BCUT2D eigenvalue weighted by molar-refractivity contribution is -0.256. The van der Waals surface area contributed by atoms with Gasteiger partial charge in [-0.3, -0.25) is 4.90 Å². The first-order valence-electron chi connectivity index (χ1n) is 24.1. The number of unbranched alkanes of at least 4 members (excludes halogenated alkanes) is 2. The number of fused-ring (bicyclic) bond motifs is 2. The maximum absolute atomic E-state index is 14.8. The van der Waals surface area contributed by atoms with Crippen LogP contribution in [0.2, 0.25) is 0 Å². The molecule has 1 aliphatic heterocycles. The molecule has 2 aliphatic carbocycles. The van der Waals surface area contributed by atoms with Gasteiger partial charge in [0.05, 0.1) is 31.5 Å². The third-order valence-corrected chi connectivity index (χ3v) is 13.5. The second kappa shape index (κ2) is 23.8. The van der Waals surface area contributed by atoms with Crippen LogP contribution in [0.3, 0.4) is 0 Å². The average Bonchev–Trinajstić information content (AvgIpc) is 3.38. The Bertz CT molecular complexity index is 2500. The molecule has 0 radical (unpaired) electrons. The highest BCUT2D eigenvalue weighted by atomic mass is 19.1. The van der Waals surface area contributed by atoms with Crippen LogP contribution in [0, 0.1) is 23.6 Å². The van der Waals surface area contributed by atoms with Gasteiger partial charge in [-0.05, 0) is 108 Å². The summed E-state index contributed by atoms with van der Waals surface area (Å²) in [6.45, 7) is 4.78. The number of oxime groups is 1. The minimum Gasteiger partial charge on any atom is -0.459 e. The van der Waals surface area contributed by atoms with Crippen molar-refractivity contribution in [3.05, 3.63) is 174 Å². The Morgan fingerprint density at radius 1 is 0.841 bits per heavy atom. The fourth-order valence-electron chi connectivity index (χ4n) is 10.4. The number of aliphatic hydroxyl groups excluding tert-OH is 2. The van der Waals surface area contributed by atoms with Gasteiger partial charge in [-0.15, -0.1) is 6.58 Å². The van der Waals surface area contributed by atoms with Crippen LogP contribution in [-0.2, 0) is 32.2 Å². The van der Waals surface area contributed by atoms with Crippen LogP contribution in [0.25, 0.3) is 11.1 Å². The van der Waals surface area contributed by atoms with Crippen molar-refractivity contribution < 1.29 is 47.9 Å². The Balaban J connectivity index is 1.23. The van der Waals surface area contributed by atoms with Gasteiger partial charge in [0, 0.05) is 37.7 Å². The molecule has 5 aromatic rings. The number of allylic oxidation sites excluding steroid dienone is 1. The molecule has 2 N–H and O–H groups in total. The van der Waals surface area contributed by atoms with E-state index in [1.54, 1.807) is 23.1 Å². The number of hydrogen-bond donors (Lipinski definition) is 2. The third-order valence-electron chi connectivity index (χ3n) is 13.5. The maximum Gasteiger partial charge on any atom is 0.410 e. The topological polar surface area (TPSA) is 129 Å². The first kappa shape index (κ1) is 49.1. The number of halogens is 1. The van der Waals surface area contributed by atoms with Crippen LogP contribution in [0.15, 0.2) is 157 Å². The van der Waals surface area contributed by atoms with E-state index in [-0.39, 0.29) is 63.8 Å². The van der Waals surface area contributed by atoms with E-state index in [1.807, 2.05) is 84.9 Å². The van der Waals surface area contributed by atoms with Gasteiger partial charge in [-0.25, -0.2) is 9.18 Å². The molecule has 1 fully saturated rings. The molecule has 362 valence electrons. The van der Waals surface area contributed by atoms with Crippen molar-refractivity contribution in [3.8, 4) is 28.4 Å². The van der Waals surface area contributed by atoms with E-state index in [1.165, 1.54) is 19.2 Å². The minimum absolute atomic E-state index is 0.000521. The minimum atomic E-state index is -1.53. The summed E-state index contributed by atoms with van der Waals surface area (Å²) >= 11 is 0. The molecular weight excluding hydrogens is 876 g/mol. The molecule has 6 unspecified atom stereocenters. The largest absolute Gasteiger partial charge is 0.459 e. The van der Waals surface area contributed by atoms with Crippen molar-refractivity contribution in [2.75, 3.05) is 40.1 Å². The van der Waals surface area contributed by atoms with Gasteiger partial charge in [-0.2, -0.15) is 0 Å². The maximum atomic E-state index is 14.8. The molecule has 1 amide bonds. The Hall–Kier alpha value is -6.31. The lowest BCUT2D eigenvalue weighted by Gasteiger charge is -2.59. The molecule has 12 heteroatoms. The lowest BCUT2D eigenvalue weighted by atomic mass is 9.55. The zero-order valence-corrected chi connectivity index (χ0v) is 39.3. The predicted molar refractivity (Wildman–Crippen MR) is 263 cm³/mol. The highest BCUT2D eigenvalue weighted by Gasteiger charge is 2.65. The normalized spacial score (nSPS) is 21.8. The lowest BCUT2D eigenvalue weighted by Crippen LogP contribution is -2.70. The van der Waals surface area contributed by atoms with Crippen molar-refractivity contribution in [1.29, 1.82) is 0 Å². The van der Waals surface area contributed by atoms with Gasteiger partial charge in [0.1, 0.15) is 42.8 Å². The van der Waals surface area contributed by atoms with Crippen molar-refractivity contribution in [3.63, 3.8) is 0 Å². The Kier molecular flexibility index (Phi) is 17.0. The Morgan fingerprint density at radius 2 is 1.54 bits per heavy atom. The summed E-state index contributed by atoms with van der Waals surface area (Å²) < 4.78 is 47.5. The fraction of sp³-hybridized carbons (Fsp3) is 0.368. The summed E-state index contributed by atoms with van der Waals surface area (Å²) in [5.41, 5.74) is 6.30. The van der Waals surface area contributed by atoms with Crippen LogP contribution in [0.1, 0.15) is 67.6 Å². The molecule has 8 rings (SSSR count). The number of carbonyl (C=O) groups is 1. The van der Waals surface area contributed by atoms with E-state index in [9.17, 15) is 19.4 Å². The van der Waals surface area contributed by atoms with E-state index in [0.717, 1.165) is 53.5 Å². The number of carbonyl (C=O) groups excluding carboxylic acids is 1. The zero-order valence-electron chi connectivity index (χ0n) is 39.3. The predicted octanol–water partition coefficient (Wildman–Crippen LogP) is 11.4. The number of hydrogen-bond acceptors (Lipinski definition) is 10. The van der Waals surface area contributed by atoms with Crippen LogP contribution in [0.5, 0.6) is 17.2 Å². The van der Waals surface area contributed by atoms with Crippen LogP contribution < -0.4 is 9.47 Å². The van der Waals surface area contributed by atoms with Crippen LogP contribution in [-0.4, -0.2) is 78.9 Å². The van der Waals surface area contributed by atoms with Crippen molar-refractivity contribution >= 4 is 11.8 Å². The molecule has 0 saturated heterocycles. The highest BCUT2D eigenvalue weighted by molar-refractivity contribution is 6.03. The van der Waals surface area contributed by atoms with Gasteiger partial charge < -0.3 is 38.7 Å². The SMILES string of the molecule is C=CCOC12Oc3ccc(Oc4ccc(-c5ccccc5)cc4)cc3C3C(CCCCO)C(CCCCO)C=C(C(=NOC)CC1N(Cc1ccc(F)cc1)C(=O)OCCOCc1ccccc1)C32. The number of aliphatic hydroxyl groups is 2. The number of ether oxygens (including phenoxy) is 5. The summed E-state index contributed by atoms with van der Waals surface area (Å²) in [6, 6.07) is 39.0. The number of nitrogens with zero attached hydrogens (tertiary/aromatic N) is 2. The molecule has 0 bridgehead atoms. The molecule has 1 heterocycles. The number of rotatable bonds is 23. The second-order valence-corrected chi connectivity index (χ2v) is 17.9. The van der Waals surface area contributed by atoms with E-state index < -0.39 is 29.7 Å². The summed E-state index contributed by atoms with van der Waals surface area (Å²) in [4.78, 5) is 22.1. The molecular formula is C57H63FN2O9. The Labute approximate surface area is 404 Å². The molecule has 3 aliphatic rings. The monoisotopic (exact) mass is 938 g/mol.